The predicted molar refractivity (Wildman–Crippen MR) is 95.6 cm³/mol. The minimum atomic E-state index is -4.53. The zero-order chi connectivity index (χ0) is 21.2. The minimum absolute atomic E-state index is 0.00880. The van der Waals surface area contributed by atoms with Crippen molar-refractivity contribution < 1.29 is 31.6 Å². The smallest absolute Gasteiger partial charge is 0.416 e. The Morgan fingerprint density at radius 3 is 2.55 bits per heavy atom. The van der Waals surface area contributed by atoms with Crippen LogP contribution in [-0.4, -0.2) is 39.9 Å². The van der Waals surface area contributed by atoms with E-state index in [9.17, 15) is 26.9 Å². The van der Waals surface area contributed by atoms with Crippen molar-refractivity contribution in [3.8, 4) is 11.8 Å². The fourth-order valence-electron chi connectivity index (χ4n) is 2.90. The summed E-state index contributed by atoms with van der Waals surface area (Å²) in [6.45, 7) is -0.0522. The van der Waals surface area contributed by atoms with Crippen LogP contribution in [0.1, 0.15) is 11.1 Å². The standard InChI is InChI=1S/C19H16F4N2O3S/c20-17-7-15(5-4-13(17)8-24)28-12-18(11-26)9-25(10-18)29(27)16-3-1-2-14(6-16)19(21,22)23/h1-7,26H,9-12H2. The predicted octanol–water partition coefficient (Wildman–Crippen LogP) is 3.11. The minimum Gasteiger partial charge on any atom is -0.493 e. The first-order valence-electron chi connectivity index (χ1n) is 8.45. The molecule has 0 aromatic heterocycles. The zero-order valence-electron chi connectivity index (χ0n) is 14.9. The molecule has 1 N–H and O–H groups in total. The third-order valence-corrected chi connectivity index (χ3v) is 5.95. The third-order valence-electron chi connectivity index (χ3n) is 4.56. The molecule has 1 atom stereocenters. The van der Waals surface area contributed by atoms with Crippen LogP contribution in [0.2, 0.25) is 0 Å². The van der Waals surface area contributed by atoms with Crippen molar-refractivity contribution in [2.45, 2.75) is 11.1 Å². The summed E-state index contributed by atoms with van der Waals surface area (Å²) in [5, 5.41) is 18.4. The van der Waals surface area contributed by atoms with Crippen molar-refractivity contribution in [1.29, 1.82) is 5.26 Å². The maximum Gasteiger partial charge on any atom is 0.416 e. The van der Waals surface area contributed by atoms with Crippen LogP contribution in [0.5, 0.6) is 5.75 Å². The first-order chi connectivity index (χ1) is 13.7. The molecule has 0 spiro atoms. The Kier molecular flexibility index (Phi) is 5.93. The molecule has 2 aromatic rings. The van der Waals surface area contributed by atoms with Gasteiger partial charge < -0.3 is 9.84 Å². The second-order valence-electron chi connectivity index (χ2n) is 6.77. The molecule has 29 heavy (non-hydrogen) atoms. The summed E-state index contributed by atoms with van der Waals surface area (Å²) in [7, 11) is -1.82. The van der Waals surface area contributed by atoms with E-state index in [-0.39, 0.29) is 42.5 Å². The molecular formula is C19H16F4N2O3S. The maximum atomic E-state index is 13.6. The third kappa shape index (κ3) is 4.58. The topological polar surface area (TPSA) is 73.6 Å². The van der Waals surface area contributed by atoms with Gasteiger partial charge in [-0.15, -0.1) is 0 Å². The molecule has 1 saturated heterocycles. The van der Waals surface area contributed by atoms with Gasteiger partial charge in [0.05, 0.1) is 34.7 Å². The van der Waals surface area contributed by atoms with E-state index in [1.165, 1.54) is 28.6 Å². The SMILES string of the molecule is N#Cc1ccc(OCC2(CO)CN(S(=O)c3cccc(C(F)(F)F)c3)C2)cc1F. The second kappa shape index (κ2) is 8.10. The normalized spacial score (nSPS) is 17.2. The molecule has 10 heteroatoms. The van der Waals surface area contributed by atoms with Gasteiger partial charge in [-0.3, -0.25) is 0 Å². The average molecular weight is 428 g/mol. The van der Waals surface area contributed by atoms with Gasteiger partial charge in [-0.05, 0) is 30.3 Å². The summed E-state index contributed by atoms with van der Waals surface area (Å²) in [6.07, 6.45) is -4.53. The highest BCUT2D eigenvalue weighted by molar-refractivity contribution is 7.82. The summed E-state index contributed by atoms with van der Waals surface area (Å²) in [5.41, 5.74) is -1.79. The van der Waals surface area contributed by atoms with E-state index in [0.717, 1.165) is 18.2 Å². The van der Waals surface area contributed by atoms with Gasteiger partial charge in [0.15, 0.2) is 0 Å². The molecule has 0 saturated carbocycles. The lowest BCUT2D eigenvalue weighted by molar-refractivity contribution is -0.137. The average Bonchev–Trinajstić information content (AvgIpc) is 2.66. The molecule has 1 heterocycles. The second-order valence-corrected chi connectivity index (χ2v) is 8.26. The molecule has 1 unspecified atom stereocenters. The number of halogens is 4. The maximum absolute atomic E-state index is 13.6. The van der Waals surface area contributed by atoms with Crippen molar-refractivity contribution in [2.75, 3.05) is 26.3 Å². The summed E-state index contributed by atoms with van der Waals surface area (Å²) in [4.78, 5) is 0.0152. The van der Waals surface area contributed by atoms with Crippen LogP contribution in [0.25, 0.3) is 0 Å². The van der Waals surface area contributed by atoms with Gasteiger partial charge in [-0.25, -0.2) is 12.9 Å². The first kappa shape index (κ1) is 21.2. The van der Waals surface area contributed by atoms with Gasteiger partial charge >= 0.3 is 6.18 Å². The van der Waals surface area contributed by atoms with Crippen LogP contribution in [-0.2, 0) is 17.2 Å². The van der Waals surface area contributed by atoms with E-state index in [4.69, 9.17) is 10.00 Å². The van der Waals surface area contributed by atoms with Crippen LogP contribution in [0.3, 0.4) is 0 Å². The fourth-order valence-corrected chi connectivity index (χ4v) is 4.40. The molecule has 0 amide bonds. The molecular weight excluding hydrogens is 412 g/mol. The Bertz CT molecular complexity index is 969. The molecule has 0 radical (unpaired) electrons. The van der Waals surface area contributed by atoms with Crippen molar-refractivity contribution in [1.82, 2.24) is 4.31 Å². The van der Waals surface area contributed by atoms with E-state index in [0.29, 0.717) is 0 Å². The van der Waals surface area contributed by atoms with Gasteiger partial charge in [0.25, 0.3) is 0 Å². The Balaban J connectivity index is 1.63. The molecule has 5 nitrogen and oxygen atoms in total. The van der Waals surface area contributed by atoms with Crippen LogP contribution in [0.4, 0.5) is 17.6 Å². The van der Waals surface area contributed by atoms with Gasteiger partial charge in [-0.1, -0.05) is 6.07 Å². The van der Waals surface area contributed by atoms with E-state index >= 15 is 0 Å². The first-order valence-corrected chi connectivity index (χ1v) is 9.55. The molecule has 3 rings (SSSR count). The Hall–Kier alpha value is -2.48. The van der Waals surface area contributed by atoms with Crippen LogP contribution >= 0.6 is 0 Å². The van der Waals surface area contributed by atoms with E-state index in [1.807, 2.05) is 0 Å². The lowest BCUT2D eigenvalue weighted by atomic mass is 9.83. The highest BCUT2D eigenvalue weighted by atomic mass is 32.2. The monoisotopic (exact) mass is 428 g/mol. The molecule has 0 aliphatic carbocycles. The highest BCUT2D eigenvalue weighted by Gasteiger charge is 2.46. The highest BCUT2D eigenvalue weighted by Crippen LogP contribution is 2.35. The summed E-state index contributed by atoms with van der Waals surface area (Å²) < 4.78 is 71.6. The number of benzene rings is 2. The zero-order valence-corrected chi connectivity index (χ0v) is 15.8. The van der Waals surface area contributed by atoms with Crippen LogP contribution in [0.15, 0.2) is 47.4 Å². The van der Waals surface area contributed by atoms with Crippen molar-refractivity contribution in [3.63, 3.8) is 0 Å². The number of hydrogen-bond acceptors (Lipinski definition) is 4. The summed E-state index contributed by atoms with van der Waals surface area (Å²) >= 11 is 0. The lowest BCUT2D eigenvalue weighted by Crippen LogP contribution is -2.61. The largest absolute Gasteiger partial charge is 0.493 e. The Morgan fingerprint density at radius 2 is 1.97 bits per heavy atom. The quantitative estimate of drug-likeness (QED) is 0.718. The molecule has 2 aromatic carbocycles. The van der Waals surface area contributed by atoms with Gasteiger partial charge in [0, 0.05) is 19.2 Å². The van der Waals surface area contributed by atoms with E-state index in [1.54, 1.807) is 6.07 Å². The number of nitriles is 1. The molecule has 0 bridgehead atoms. The van der Waals surface area contributed by atoms with E-state index in [2.05, 4.69) is 0 Å². The number of nitrogens with zero attached hydrogens (tertiary/aromatic N) is 2. The number of aliphatic hydroxyl groups is 1. The lowest BCUT2D eigenvalue weighted by Gasteiger charge is -2.47. The summed E-state index contributed by atoms with van der Waals surface area (Å²) in [6, 6.07) is 9.72. The van der Waals surface area contributed by atoms with Crippen molar-refractivity contribution in [2.24, 2.45) is 5.41 Å². The Morgan fingerprint density at radius 1 is 1.24 bits per heavy atom. The molecule has 1 fully saturated rings. The number of ether oxygens (including phenoxy) is 1. The number of aliphatic hydroxyl groups excluding tert-OH is 1. The number of hydrogen-bond donors (Lipinski definition) is 1. The van der Waals surface area contributed by atoms with Gasteiger partial charge in [0.1, 0.15) is 28.6 Å². The molecule has 1 aliphatic heterocycles. The van der Waals surface area contributed by atoms with Gasteiger partial charge in [-0.2, -0.15) is 18.4 Å². The molecule has 154 valence electrons. The summed E-state index contributed by atoms with van der Waals surface area (Å²) in [5.74, 6) is -0.560. The fraction of sp³-hybridized carbons (Fsp3) is 0.316. The van der Waals surface area contributed by atoms with Crippen LogP contribution in [0, 0.1) is 22.6 Å². The van der Waals surface area contributed by atoms with Crippen molar-refractivity contribution in [3.05, 3.63) is 59.4 Å². The van der Waals surface area contributed by atoms with Crippen LogP contribution < -0.4 is 4.74 Å². The van der Waals surface area contributed by atoms with Crippen molar-refractivity contribution >= 4 is 11.0 Å². The number of rotatable bonds is 6. The van der Waals surface area contributed by atoms with Gasteiger partial charge in [0.2, 0.25) is 0 Å². The number of alkyl halides is 3. The van der Waals surface area contributed by atoms with E-state index < -0.39 is 34.0 Å². The molecule has 1 aliphatic rings. The Labute approximate surface area is 166 Å².